The van der Waals surface area contributed by atoms with E-state index in [1.807, 2.05) is 49.4 Å². The number of imide groups is 1. The Morgan fingerprint density at radius 2 is 1.63 bits per heavy atom. The van der Waals surface area contributed by atoms with Crippen LogP contribution in [-0.4, -0.2) is 25.5 Å². The molecule has 0 radical (unpaired) electrons. The van der Waals surface area contributed by atoms with E-state index in [2.05, 4.69) is 10.6 Å². The molecule has 0 aromatic heterocycles. The quantitative estimate of drug-likeness (QED) is 0.672. The summed E-state index contributed by atoms with van der Waals surface area (Å²) in [6.07, 6.45) is 0. The van der Waals surface area contributed by atoms with Gasteiger partial charge in [0.25, 0.3) is 11.8 Å². The molecule has 3 aromatic rings. The Labute approximate surface area is 156 Å². The van der Waals surface area contributed by atoms with Crippen molar-refractivity contribution in [1.82, 2.24) is 5.32 Å². The van der Waals surface area contributed by atoms with Gasteiger partial charge in [-0.15, -0.1) is 0 Å². The molecule has 2 amide bonds. The van der Waals surface area contributed by atoms with Gasteiger partial charge >= 0.3 is 0 Å². The van der Waals surface area contributed by atoms with E-state index in [0.717, 1.165) is 5.39 Å². The van der Waals surface area contributed by atoms with Gasteiger partial charge in [0, 0.05) is 18.0 Å². The highest BCUT2D eigenvalue weighted by atomic mass is 16.5. The number of rotatable bonds is 5. The van der Waals surface area contributed by atoms with Gasteiger partial charge in [-0.3, -0.25) is 14.9 Å². The first-order valence-corrected chi connectivity index (χ1v) is 8.64. The van der Waals surface area contributed by atoms with Gasteiger partial charge in [0.05, 0.1) is 23.9 Å². The molecule has 1 aliphatic heterocycles. The average molecular weight is 362 g/mol. The molecular formula is C21H18N2O4. The fraction of sp³-hybridized carbons (Fsp3) is 0.143. The molecule has 6 heteroatoms. The molecule has 27 heavy (non-hydrogen) atoms. The van der Waals surface area contributed by atoms with Crippen LogP contribution in [0.5, 0.6) is 17.2 Å². The predicted molar refractivity (Wildman–Crippen MR) is 103 cm³/mol. The lowest BCUT2D eigenvalue weighted by atomic mass is 9.97. The number of carbonyl (C=O) groups excluding carboxylic acids is 2. The van der Waals surface area contributed by atoms with Crippen LogP contribution in [0, 0.1) is 0 Å². The van der Waals surface area contributed by atoms with Crippen molar-refractivity contribution in [2.45, 2.75) is 6.92 Å². The van der Waals surface area contributed by atoms with Gasteiger partial charge in [-0.25, -0.2) is 0 Å². The molecule has 0 spiro atoms. The summed E-state index contributed by atoms with van der Waals surface area (Å²) in [5.41, 5.74) is 1.21. The number of amides is 2. The Bertz CT molecular complexity index is 1080. The second kappa shape index (κ2) is 6.64. The maximum atomic E-state index is 12.5. The van der Waals surface area contributed by atoms with Gasteiger partial charge in [-0.1, -0.05) is 30.3 Å². The molecule has 0 saturated carbocycles. The van der Waals surface area contributed by atoms with Crippen molar-refractivity contribution in [3.05, 3.63) is 59.7 Å². The number of benzene rings is 3. The summed E-state index contributed by atoms with van der Waals surface area (Å²) in [6.45, 7) is 2.49. The van der Waals surface area contributed by atoms with E-state index in [4.69, 9.17) is 9.47 Å². The molecule has 3 aromatic carbocycles. The van der Waals surface area contributed by atoms with E-state index in [1.54, 1.807) is 13.2 Å². The normalized spacial score (nSPS) is 12.7. The zero-order chi connectivity index (χ0) is 19.0. The molecule has 1 aliphatic rings. The number of fused-ring (bicyclic) bond motifs is 3. The van der Waals surface area contributed by atoms with Crippen molar-refractivity contribution in [3.63, 3.8) is 0 Å². The van der Waals surface area contributed by atoms with Gasteiger partial charge in [0.15, 0.2) is 5.75 Å². The van der Waals surface area contributed by atoms with Gasteiger partial charge in [0.1, 0.15) is 11.5 Å². The molecule has 136 valence electrons. The predicted octanol–water partition coefficient (Wildman–Crippen LogP) is 3.96. The number of ether oxygens (including phenoxy) is 2. The van der Waals surface area contributed by atoms with Crippen molar-refractivity contribution in [2.24, 2.45) is 0 Å². The summed E-state index contributed by atoms with van der Waals surface area (Å²) in [7, 11) is 1.59. The Balaban J connectivity index is 2.00. The zero-order valence-corrected chi connectivity index (χ0v) is 15.0. The van der Waals surface area contributed by atoms with Crippen molar-refractivity contribution in [2.75, 3.05) is 19.0 Å². The first kappa shape index (κ1) is 16.9. The van der Waals surface area contributed by atoms with Crippen molar-refractivity contribution < 1.29 is 19.1 Å². The van der Waals surface area contributed by atoms with Crippen molar-refractivity contribution in [3.8, 4) is 17.2 Å². The number of hydrogen-bond acceptors (Lipinski definition) is 5. The standard InChI is InChI=1S/C21H18N2O4/c1-3-22-18-17-16(20(24)23-21(17)25)14-9-4-5-10-15(14)19(18)27-13-8-6-7-12(11-13)26-2/h4-11,22H,3H2,1-2H3,(H,23,24,25). The molecule has 6 nitrogen and oxygen atoms in total. The Kier molecular flexibility index (Phi) is 4.16. The third-order valence-electron chi connectivity index (χ3n) is 4.46. The average Bonchev–Trinajstić information content (AvgIpc) is 2.99. The van der Waals surface area contributed by atoms with Crippen molar-refractivity contribution in [1.29, 1.82) is 0 Å². The summed E-state index contributed by atoms with van der Waals surface area (Å²) in [5.74, 6) is 0.925. The Morgan fingerprint density at radius 3 is 2.37 bits per heavy atom. The maximum Gasteiger partial charge on any atom is 0.261 e. The Morgan fingerprint density at radius 1 is 0.926 bits per heavy atom. The monoisotopic (exact) mass is 362 g/mol. The number of nitrogens with one attached hydrogen (secondary N) is 2. The van der Waals surface area contributed by atoms with Gasteiger partial charge in [0.2, 0.25) is 0 Å². The number of methoxy groups -OCH3 is 1. The van der Waals surface area contributed by atoms with Crippen LogP contribution >= 0.6 is 0 Å². The van der Waals surface area contributed by atoms with E-state index in [0.29, 0.717) is 46.0 Å². The first-order valence-electron chi connectivity index (χ1n) is 8.64. The third kappa shape index (κ3) is 2.75. The molecule has 1 heterocycles. The number of hydrogen-bond donors (Lipinski definition) is 2. The van der Waals surface area contributed by atoms with E-state index >= 15 is 0 Å². The van der Waals surface area contributed by atoms with Crippen LogP contribution in [0.25, 0.3) is 10.8 Å². The summed E-state index contributed by atoms with van der Waals surface area (Å²) >= 11 is 0. The minimum absolute atomic E-state index is 0.318. The van der Waals surface area contributed by atoms with Crippen LogP contribution in [-0.2, 0) is 0 Å². The summed E-state index contributed by atoms with van der Waals surface area (Å²) in [6, 6.07) is 14.6. The second-order valence-corrected chi connectivity index (χ2v) is 6.09. The van der Waals surface area contributed by atoms with E-state index in [9.17, 15) is 9.59 Å². The topological polar surface area (TPSA) is 76.7 Å². The molecule has 0 bridgehead atoms. The van der Waals surface area contributed by atoms with Crippen molar-refractivity contribution >= 4 is 28.3 Å². The minimum atomic E-state index is -0.424. The van der Waals surface area contributed by atoms with E-state index in [1.165, 1.54) is 0 Å². The van der Waals surface area contributed by atoms with Gasteiger partial charge in [-0.05, 0) is 24.4 Å². The molecule has 2 N–H and O–H groups in total. The van der Waals surface area contributed by atoms with Crippen LogP contribution in [0.1, 0.15) is 27.6 Å². The zero-order valence-electron chi connectivity index (χ0n) is 15.0. The summed E-state index contributed by atoms with van der Waals surface area (Å²) < 4.78 is 11.5. The minimum Gasteiger partial charge on any atom is -0.497 e. The van der Waals surface area contributed by atoms with Crippen LogP contribution in [0.4, 0.5) is 5.69 Å². The van der Waals surface area contributed by atoms with Crippen LogP contribution in [0.3, 0.4) is 0 Å². The fourth-order valence-corrected chi connectivity index (χ4v) is 3.33. The Hall–Kier alpha value is -3.54. The molecule has 0 unspecified atom stereocenters. The molecule has 0 fully saturated rings. The highest BCUT2D eigenvalue weighted by Gasteiger charge is 2.34. The largest absolute Gasteiger partial charge is 0.497 e. The highest BCUT2D eigenvalue weighted by Crippen LogP contribution is 2.44. The molecule has 0 aliphatic carbocycles. The third-order valence-corrected chi connectivity index (χ3v) is 4.46. The number of carbonyl (C=O) groups is 2. The van der Waals surface area contributed by atoms with E-state index < -0.39 is 11.8 Å². The highest BCUT2D eigenvalue weighted by molar-refractivity contribution is 6.30. The lowest BCUT2D eigenvalue weighted by Crippen LogP contribution is -2.20. The molecule has 0 atom stereocenters. The van der Waals surface area contributed by atoms with Gasteiger partial charge < -0.3 is 14.8 Å². The van der Waals surface area contributed by atoms with Crippen LogP contribution in [0.2, 0.25) is 0 Å². The second-order valence-electron chi connectivity index (χ2n) is 6.09. The summed E-state index contributed by atoms with van der Waals surface area (Å²) in [4.78, 5) is 24.9. The lowest BCUT2D eigenvalue weighted by molar-refractivity contribution is 0.0880. The first-order chi connectivity index (χ1) is 13.1. The van der Waals surface area contributed by atoms with Gasteiger partial charge in [-0.2, -0.15) is 0 Å². The summed E-state index contributed by atoms with van der Waals surface area (Å²) in [5, 5.41) is 7.01. The smallest absolute Gasteiger partial charge is 0.261 e. The number of anilines is 1. The lowest BCUT2D eigenvalue weighted by Gasteiger charge is -2.18. The van der Waals surface area contributed by atoms with E-state index in [-0.39, 0.29) is 0 Å². The molecule has 4 rings (SSSR count). The fourth-order valence-electron chi connectivity index (χ4n) is 3.33. The molecular weight excluding hydrogens is 344 g/mol. The molecule has 0 saturated heterocycles. The SMILES string of the molecule is CCNc1c2c(c3ccccc3c1Oc1cccc(OC)c1)C(=O)NC2=O. The van der Waals surface area contributed by atoms with Crippen LogP contribution < -0.4 is 20.1 Å². The van der Waals surface area contributed by atoms with Crippen LogP contribution in [0.15, 0.2) is 48.5 Å². The maximum absolute atomic E-state index is 12.5.